The number of nitrogens with one attached hydrogen (secondary N) is 1. The first-order chi connectivity index (χ1) is 8.87. The molecule has 0 saturated heterocycles. The Balaban J connectivity index is 2.85. The van der Waals surface area contributed by atoms with Crippen molar-refractivity contribution in [3.05, 3.63) is 23.9 Å². The Labute approximate surface area is 108 Å². The molecular weight excluding hydrogens is 261 g/mol. The summed E-state index contributed by atoms with van der Waals surface area (Å²) in [6, 6.07) is 2.80. The fourth-order valence-corrected chi connectivity index (χ4v) is 1.53. The van der Waals surface area contributed by atoms with Crippen molar-refractivity contribution in [2.75, 3.05) is 18.5 Å². The summed E-state index contributed by atoms with van der Waals surface area (Å²) in [5.41, 5.74) is 2.36. The Bertz CT molecular complexity index is 419. The van der Waals surface area contributed by atoms with Gasteiger partial charge >= 0.3 is 6.18 Å². The van der Waals surface area contributed by atoms with Gasteiger partial charge in [-0.3, -0.25) is 4.79 Å². The van der Waals surface area contributed by atoms with E-state index in [2.05, 4.69) is 10.4 Å². The first-order valence-electron chi connectivity index (χ1n) is 5.66. The molecule has 0 aromatic carbocycles. The molecule has 3 N–H and O–H groups in total. The average molecular weight is 276 g/mol. The lowest BCUT2D eigenvalue weighted by Crippen LogP contribution is -2.39. The summed E-state index contributed by atoms with van der Waals surface area (Å²) in [7, 11) is 0. The largest absolute Gasteiger partial charge is 0.406 e. The number of carbonyl (C=O) groups is 1. The zero-order chi connectivity index (χ0) is 14.5. The van der Waals surface area contributed by atoms with Gasteiger partial charge in [-0.15, -0.1) is 0 Å². The molecule has 0 aliphatic carbocycles. The lowest BCUT2D eigenvalue weighted by atomic mass is 10.2. The Morgan fingerprint density at radius 1 is 1.47 bits per heavy atom. The number of halogens is 3. The molecule has 0 saturated carbocycles. The van der Waals surface area contributed by atoms with Crippen LogP contribution in [0.4, 0.5) is 19.0 Å². The molecule has 19 heavy (non-hydrogen) atoms. The van der Waals surface area contributed by atoms with Crippen molar-refractivity contribution >= 4 is 11.7 Å². The predicted octanol–water partition coefficient (Wildman–Crippen LogP) is 1.78. The second-order valence-corrected chi connectivity index (χ2v) is 3.92. The highest BCUT2D eigenvalue weighted by Crippen LogP contribution is 2.18. The molecule has 0 radical (unpaired) electrons. The van der Waals surface area contributed by atoms with E-state index in [1.807, 2.05) is 0 Å². The van der Waals surface area contributed by atoms with Crippen LogP contribution in [0.2, 0.25) is 0 Å². The highest BCUT2D eigenvalue weighted by atomic mass is 19.4. The van der Waals surface area contributed by atoms with Crippen LogP contribution in [0.25, 0.3) is 0 Å². The standard InChI is InChI=1S/C11H15F3N4O/c1-2-5-18(7-11(12,13)14)10(19)8-3-4-9(17-15)16-6-8/h3-4,6H,2,5,7,15H2,1H3,(H,16,17). The van der Waals surface area contributed by atoms with Crippen LogP contribution in [-0.4, -0.2) is 35.1 Å². The molecule has 1 aromatic heterocycles. The average Bonchev–Trinajstić information content (AvgIpc) is 2.36. The molecule has 5 nitrogen and oxygen atoms in total. The monoisotopic (exact) mass is 276 g/mol. The van der Waals surface area contributed by atoms with Gasteiger partial charge in [0.1, 0.15) is 12.4 Å². The van der Waals surface area contributed by atoms with E-state index in [-0.39, 0.29) is 12.1 Å². The van der Waals surface area contributed by atoms with Crippen molar-refractivity contribution in [3.8, 4) is 0 Å². The molecular formula is C11H15F3N4O. The smallest absolute Gasteiger partial charge is 0.330 e. The molecule has 0 aliphatic rings. The second-order valence-electron chi connectivity index (χ2n) is 3.92. The molecule has 0 bridgehead atoms. The summed E-state index contributed by atoms with van der Waals surface area (Å²) in [5.74, 6) is 4.74. The normalized spacial score (nSPS) is 11.2. The van der Waals surface area contributed by atoms with E-state index >= 15 is 0 Å². The Hall–Kier alpha value is -1.83. The van der Waals surface area contributed by atoms with Crippen molar-refractivity contribution in [1.29, 1.82) is 0 Å². The molecule has 1 heterocycles. The van der Waals surface area contributed by atoms with E-state index in [1.54, 1.807) is 6.92 Å². The van der Waals surface area contributed by atoms with Gasteiger partial charge in [0.25, 0.3) is 5.91 Å². The van der Waals surface area contributed by atoms with Gasteiger partial charge in [-0.25, -0.2) is 10.8 Å². The minimum absolute atomic E-state index is 0.0369. The third-order valence-corrected chi connectivity index (χ3v) is 2.31. The van der Waals surface area contributed by atoms with Gasteiger partial charge < -0.3 is 10.3 Å². The molecule has 106 valence electrons. The van der Waals surface area contributed by atoms with E-state index in [0.717, 1.165) is 4.90 Å². The number of nitrogens with zero attached hydrogens (tertiary/aromatic N) is 2. The maximum absolute atomic E-state index is 12.4. The van der Waals surface area contributed by atoms with E-state index in [0.29, 0.717) is 12.2 Å². The van der Waals surface area contributed by atoms with Gasteiger partial charge in [-0.1, -0.05) is 6.92 Å². The molecule has 0 atom stereocenters. The number of alkyl halides is 3. The number of hydrazine groups is 1. The summed E-state index contributed by atoms with van der Waals surface area (Å²) in [6.07, 6.45) is -2.79. The van der Waals surface area contributed by atoms with Crippen molar-refractivity contribution in [2.45, 2.75) is 19.5 Å². The number of nitrogens with two attached hydrogens (primary N) is 1. The summed E-state index contributed by atoms with van der Waals surface area (Å²) in [5, 5.41) is 0. The topological polar surface area (TPSA) is 71.2 Å². The fraction of sp³-hybridized carbons (Fsp3) is 0.455. The van der Waals surface area contributed by atoms with Crippen LogP contribution in [0.5, 0.6) is 0 Å². The van der Waals surface area contributed by atoms with E-state index in [9.17, 15) is 18.0 Å². The number of hydrogen-bond acceptors (Lipinski definition) is 4. The maximum Gasteiger partial charge on any atom is 0.406 e. The van der Waals surface area contributed by atoms with Crippen molar-refractivity contribution in [2.24, 2.45) is 5.84 Å². The van der Waals surface area contributed by atoms with Crippen LogP contribution in [0, 0.1) is 0 Å². The number of nitrogen functional groups attached to an aromatic ring is 1. The Morgan fingerprint density at radius 3 is 2.58 bits per heavy atom. The first-order valence-corrected chi connectivity index (χ1v) is 5.66. The molecule has 1 amide bonds. The van der Waals surface area contributed by atoms with Crippen molar-refractivity contribution in [3.63, 3.8) is 0 Å². The summed E-state index contributed by atoms with van der Waals surface area (Å²) >= 11 is 0. The van der Waals surface area contributed by atoms with Gasteiger partial charge in [0.2, 0.25) is 0 Å². The quantitative estimate of drug-likeness (QED) is 0.635. The highest BCUT2D eigenvalue weighted by molar-refractivity contribution is 5.94. The minimum atomic E-state index is -4.42. The SMILES string of the molecule is CCCN(CC(F)(F)F)C(=O)c1ccc(NN)nc1. The number of hydrogen-bond donors (Lipinski definition) is 2. The van der Waals surface area contributed by atoms with Gasteiger partial charge in [-0.2, -0.15) is 13.2 Å². The number of amides is 1. The second kappa shape index (κ2) is 6.37. The molecule has 0 unspecified atom stereocenters. The van der Waals surface area contributed by atoms with Gasteiger partial charge in [0, 0.05) is 12.7 Å². The van der Waals surface area contributed by atoms with Crippen LogP contribution in [0.1, 0.15) is 23.7 Å². The van der Waals surface area contributed by atoms with E-state index in [1.165, 1.54) is 18.3 Å². The molecule has 0 aliphatic heterocycles. The molecule has 1 rings (SSSR count). The van der Waals surface area contributed by atoms with Crippen molar-refractivity contribution in [1.82, 2.24) is 9.88 Å². The molecule has 0 fully saturated rings. The van der Waals surface area contributed by atoms with Crippen LogP contribution < -0.4 is 11.3 Å². The lowest BCUT2D eigenvalue weighted by Gasteiger charge is -2.23. The number of pyridine rings is 1. The number of anilines is 1. The third kappa shape index (κ3) is 4.74. The summed E-state index contributed by atoms with van der Waals surface area (Å²) in [6.45, 7) is 0.474. The van der Waals surface area contributed by atoms with Crippen LogP contribution >= 0.6 is 0 Å². The van der Waals surface area contributed by atoms with E-state index < -0.39 is 18.6 Å². The zero-order valence-electron chi connectivity index (χ0n) is 10.4. The van der Waals surface area contributed by atoms with Gasteiger partial charge in [0.15, 0.2) is 0 Å². The van der Waals surface area contributed by atoms with Crippen molar-refractivity contribution < 1.29 is 18.0 Å². The van der Waals surface area contributed by atoms with Crippen LogP contribution in [0.15, 0.2) is 18.3 Å². The molecule has 8 heteroatoms. The third-order valence-electron chi connectivity index (χ3n) is 2.31. The predicted molar refractivity (Wildman–Crippen MR) is 64.3 cm³/mol. The van der Waals surface area contributed by atoms with Crippen LogP contribution in [0.3, 0.4) is 0 Å². The highest BCUT2D eigenvalue weighted by Gasteiger charge is 2.33. The van der Waals surface area contributed by atoms with E-state index in [4.69, 9.17) is 5.84 Å². The first kappa shape index (κ1) is 15.2. The fourth-order valence-electron chi connectivity index (χ4n) is 1.53. The minimum Gasteiger partial charge on any atom is -0.330 e. The Kier molecular flexibility index (Phi) is 5.11. The van der Waals surface area contributed by atoms with Gasteiger partial charge in [0.05, 0.1) is 5.56 Å². The summed E-state index contributed by atoms with van der Waals surface area (Å²) < 4.78 is 37.2. The lowest BCUT2D eigenvalue weighted by molar-refractivity contribution is -0.140. The maximum atomic E-state index is 12.4. The van der Waals surface area contributed by atoms with Gasteiger partial charge in [-0.05, 0) is 18.6 Å². The molecule has 1 aromatic rings. The Morgan fingerprint density at radius 2 is 2.16 bits per heavy atom. The summed E-state index contributed by atoms with van der Waals surface area (Å²) in [4.78, 5) is 16.5. The number of aromatic nitrogens is 1. The number of carbonyl (C=O) groups excluding carboxylic acids is 1. The van der Waals surface area contributed by atoms with Crippen LogP contribution in [-0.2, 0) is 0 Å². The number of rotatable bonds is 5. The zero-order valence-corrected chi connectivity index (χ0v) is 10.4. The molecule has 0 spiro atoms.